The fraction of sp³-hybridized carbons (Fsp3) is 0.560. The summed E-state index contributed by atoms with van der Waals surface area (Å²) in [5.41, 5.74) is -0.458. The molecule has 4 aliphatic rings. The van der Waals surface area contributed by atoms with Crippen molar-refractivity contribution in [2.75, 3.05) is 50.9 Å². The van der Waals surface area contributed by atoms with Gasteiger partial charge in [0.05, 0.1) is 11.7 Å². The van der Waals surface area contributed by atoms with Crippen LogP contribution in [0.2, 0.25) is 0 Å². The van der Waals surface area contributed by atoms with Gasteiger partial charge in [0, 0.05) is 31.1 Å². The van der Waals surface area contributed by atoms with Gasteiger partial charge in [-0.15, -0.1) is 0 Å². The van der Waals surface area contributed by atoms with Crippen LogP contribution in [0.15, 0.2) is 36.5 Å². The molecule has 1 aromatic heterocycles. The van der Waals surface area contributed by atoms with E-state index in [1.54, 1.807) is 29.3 Å². The summed E-state index contributed by atoms with van der Waals surface area (Å²) < 4.78 is 33.6. The lowest BCUT2D eigenvalue weighted by Gasteiger charge is -2.49. The molecule has 9 heteroatoms. The average molecular weight is 472 g/mol. The highest BCUT2D eigenvalue weighted by molar-refractivity contribution is 5.99. The van der Waals surface area contributed by atoms with Crippen molar-refractivity contribution in [2.24, 2.45) is 5.92 Å². The van der Waals surface area contributed by atoms with Gasteiger partial charge < -0.3 is 15.0 Å². The number of carbonyl (C=O) groups excluding carboxylic acids is 1. The van der Waals surface area contributed by atoms with Crippen molar-refractivity contribution in [1.29, 1.82) is 0 Å². The molecular weight excluding hydrogens is 440 g/mol. The first kappa shape index (κ1) is 23.1. The van der Waals surface area contributed by atoms with Crippen molar-refractivity contribution in [3.8, 4) is 17.0 Å². The topological polar surface area (TPSA) is 70.6 Å². The van der Waals surface area contributed by atoms with Crippen molar-refractivity contribution < 1.29 is 18.3 Å². The monoisotopic (exact) mass is 471 g/mol. The van der Waals surface area contributed by atoms with Crippen molar-refractivity contribution in [3.05, 3.63) is 36.5 Å². The molecule has 0 saturated carbocycles. The Hall–Kier alpha value is -2.65. The number of alkyl halides is 2. The number of aromatic nitrogens is 2. The zero-order valence-corrected chi connectivity index (χ0v) is 19.3. The molecule has 4 aliphatic heterocycles. The Morgan fingerprint density at radius 3 is 2.56 bits per heavy atom. The van der Waals surface area contributed by atoms with Gasteiger partial charge in [-0.05, 0) is 75.3 Å². The van der Waals surface area contributed by atoms with E-state index in [2.05, 4.69) is 15.2 Å². The van der Waals surface area contributed by atoms with Crippen LogP contribution in [0.4, 0.5) is 14.7 Å². The summed E-state index contributed by atoms with van der Waals surface area (Å²) >= 11 is 0. The number of nitrogens with one attached hydrogen (secondary N) is 1. The number of hydrogen-bond acceptors (Lipinski definition) is 6. The van der Waals surface area contributed by atoms with Crippen LogP contribution in [0.3, 0.4) is 0 Å². The van der Waals surface area contributed by atoms with Gasteiger partial charge in [-0.25, -0.2) is 18.7 Å². The number of carbonyl (C=O) groups is 1. The third kappa shape index (κ3) is 4.63. The molecule has 5 heterocycles. The van der Waals surface area contributed by atoms with Gasteiger partial charge in [0.2, 0.25) is 5.95 Å². The Balaban J connectivity index is 1.47. The van der Waals surface area contributed by atoms with Crippen molar-refractivity contribution >= 4 is 11.9 Å². The van der Waals surface area contributed by atoms with E-state index in [1.165, 1.54) is 0 Å². The molecular formula is C25H31F2N5O2. The fourth-order valence-corrected chi connectivity index (χ4v) is 5.37. The number of halogens is 2. The van der Waals surface area contributed by atoms with E-state index in [1.807, 2.05) is 12.1 Å². The number of anilines is 1. The van der Waals surface area contributed by atoms with E-state index >= 15 is 4.39 Å². The third-order valence-corrected chi connectivity index (χ3v) is 7.31. The van der Waals surface area contributed by atoms with Crippen LogP contribution < -0.4 is 15.0 Å². The summed E-state index contributed by atoms with van der Waals surface area (Å²) in [4.78, 5) is 26.9. The smallest absolute Gasteiger partial charge is 0.267 e. The Kier molecular flexibility index (Phi) is 6.74. The number of fused-ring (bicyclic) bond motifs is 3. The van der Waals surface area contributed by atoms with E-state index in [-0.39, 0.29) is 31.4 Å². The van der Waals surface area contributed by atoms with Gasteiger partial charge >= 0.3 is 0 Å². The standard InChI is InChI=1S/C25H31F2N5O2/c26-10-16-34-20-3-1-18(2-4-20)21-5-11-29-24(30-21)32(22-17-31-14-6-19(22)7-15-31)23(33)25(27)8-12-28-13-9-25/h1-5,11,19,22,28H,6-10,12-17H2. The molecule has 1 atom stereocenters. The van der Waals surface area contributed by atoms with Crippen LogP contribution in [-0.2, 0) is 4.79 Å². The third-order valence-electron chi connectivity index (χ3n) is 7.31. The maximum atomic E-state index is 15.9. The van der Waals surface area contributed by atoms with Crippen LogP contribution in [0.1, 0.15) is 25.7 Å². The van der Waals surface area contributed by atoms with Crippen LogP contribution in [0, 0.1) is 5.92 Å². The average Bonchev–Trinajstić information content (AvgIpc) is 2.89. The molecule has 2 aromatic rings. The number of amides is 1. The summed E-state index contributed by atoms with van der Waals surface area (Å²) in [5, 5.41) is 3.15. The normalized spacial score (nSPS) is 25.6. The number of nitrogens with zero attached hydrogens (tertiary/aromatic N) is 4. The maximum Gasteiger partial charge on any atom is 0.267 e. The largest absolute Gasteiger partial charge is 0.491 e. The van der Waals surface area contributed by atoms with Gasteiger partial charge in [0.1, 0.15) is 19.0 Å². The summed E-state index contributed by atoms with van der Waals surface area (Å²) in [6, 6.07) is 8.83. The molecule has 7 nitrogen and oxygen atoms in total. The zero-order valence-electron chi connectivity index (χ0n) is 19.3. The molecule has 0 aliphatic carbocycles. The Morgan fingerprint density at radius 1 is 1.18 bits per heavy atom. The minimum atomic E-state index is -1.91. The second-order valence-corrected chi connectivity index (χ2v) is 9.40. The molecule has 4 saturated heterocycles. The zero-order chi connectivity index (χ0) is 23.5. The van der Waals surface area contributed by atoms with E-state index in [0.717, 1.165) is 38.0 Å². The second-order valence-electron chi connectivity index (χ2n) is 9.40. The first-order chi connectivity index (χ1) is 16.6. The van der Waals surface area contributed by atoms with Crippen LogP contribution >= 0.6 is 0 Å². The Labute approximate surface area is 198 Å². The highest BCUT2D eigenvalue weighted by Gasteiger charge is 2.49. The lowest BCUT2D eigenvalue weighted by Crippen LogP contribution is -2.63. The van der Waals surface area contributed by atoms with Gasteiger partial charge in [-0.2, -0.15) is 0 Å². The molecule has 182 valence electrons. The Morgan fingerprint density at radius 2 is 1.91 bits per heavy atom. The van der Waals surface area contributed by atoms with E-state index in [9.17, 15) is 9.18 Å². The van der Waals surface area contributed by atoms with E-state index in [0.29, 0.717) is 30.5 Å². The van der Waals surface area contributed by atoms with E-state index in [4.69, 9.17) is 9.72 Å². The van der Waals surface area contributed by atoms with Crippen LogP contribution in [-0.4, -0.2) is 78.5 Å². The maximum absolute atomic E-state index is 15.9. The van der Waals surface area contributed by atoms with Gasteiger partial charge in [-0.1, -0.05) is 0 Å². The quantitative estimate of drug-likeness (QED) is 0.670. The van der Waals surface area contributed by atoms with Gasteiger partial charge in [0.25, 0.3) is 5.91 Å². The predicted octanol–water partition coefficient (Wildman–Crippen LogP) is 3.01. The molecule has 2 bridgehead atoms. The summed E-state index contributed by atoms with van der Waals surface area (Å²) in [5.74, 6) is 0.637. The SMILES string of the molecule is O=C(N(c1nccc(-c2ccc(OCCF)cc2)n1)C1CN2CCC1CC2)C1(F)CCNCC1. The molecule has 6 rings (SSSR count). The van der Waals surface area contributed by atoms with Gasteiger partial charge in [0.15, 0.2) is 5.67 Å². The highest BCUT2D eigenvalue weighted by atomic mass is 19.1. The summed E-state index contributed by atoms with van der Waals surface area (Å²) in [7, 11) is 0. The molecule has 1 unspecified atom stereocenters. The Bertz CT molecular complexity index is 991. The highest BCUT2D eigenvalue weighted by Crippen LogP contribution is 2.36. The molecule has 1 aromatic carbocycles. The summed E-state index contributed by atoms with van der Waals surface area (Å²) in [6.07, 6.45) is 3.93. The van der Waals surface area contributed by atoms with Crippen molar-refractivity contribution in [3.63, 3.8) is 0 Å². The van der Waals surface area contributed by atoms with Crippen LogP contribution in [0.25, 0.3) is 11.3 Å². The number of hydrogen-bond donors (Lipinski definition) is 1. The lowest BCUT2D eigenvalue weighted by molar-refractivity contribution is -0.133. The minimum Gasteiger partial charge on any atom is -0.491 e. The van der Waals surface area contributed by atoms with Gasteiger partial charge in [-0.3, -0.25) is 9.69 Å². The number of rotatable bonds is 7. The van der Waals surface area contributed by atoms with Crippen molar-refractivity contribution in [2.45, 2.75) is 37.4 Å². The van der Waals surface area contributed by atoms with Crippen molar-refractivity contribution in [1.82, 2.24) is 20.2 Å². The first-order valence-corrected chi connectivity index (χ1v) is 12.2. The first-order valence-electron chi connectivity index (χ1n) is 12.2. The molecule has 0 radical (unpaired) electrons. The molecule has 34 heavy (non-hydrogen) atoms. The predicted molar refractivity (Wildman–Crippen MR) is 125 cm³/mol. The number of ether oxygens (including phenoxy) is 1. The van der Waals surface area contributed by atoms with Crippen LogP contribution in [0.5, 0.6) is 5.75 Å². The van der Waals surface area contributed by atoms with E-state index < -0.39 is 18.3 Å². The molecule has 1 N–H and O–H groups in total. The molecule has 0 spiro atoms. The number of piperidine rings is 4. The summed E-state index contributed by atoms with van der Waals surface area (Å²) in [6.45, 7) is 3.18. The number of benzene rings is 1. The lowest BCUT2D eigenvalue weighted by atomic mass is 9.82. The molecule has 4 fully saturated rings. The molecule has 1 amide bonds. The fourth-order valence-electron chi connectivity index (χ4n) is 5.37. The minimum absolute atomic E-state index is 0.00808. The second kappa shape index (κ2) is 9.92.